The van der Waals surface area contributed by atoms with E-state index in [4.69, 9.17) is 4.74 Å². The van der Waals surface area contributed by atoms with Crippen molar-refractivity contribution in [3.05, 3.63) is 41.3 Å². The van der Waals surface area contributed by atoms with E-state index in [-0.39, 0.29) is 11.9 Å². The Bertz CT molecular complexity index is 771. The Morgan fingerprint density at radius 3 is 2.76 bits per heavy atom. The molecule has 0 saturated carbocycles. The summed E-state index contributed by atoms with van der Waals surface area (Å²) in [5, 5.41) is 3.02. The highest BCUT2D eigenvalue weighted by Crippen LogP contribution is 2.29. The number of anilines is 2. The largest absolute Gasteiger partial charge is 0.495 e. The van der Waals surface area contributed by atoms with Crippen LogP contribution >= 0.6 is 0 Å². The predicted molar refractivity (Wildman–Crippen MR) is 98.2 cm³/mol. The predicted octanol–water partition coefficient (Wildman–Crippen LogP) is 3.02. The summed E-state index contributed by atoms with van der Waals surface area (Å²) in [6.07, 6.45) is 1.77. The number of nitrogens with one attached hydrogen (secondary N) is 1. The number of hydrogen-bond donors (Lipinski definition) is 1. The van der Waals surface area contributed by atoms with Crippen LogP contribution in [0.3, 0.4) is 0 Å². The molecule has 1 aliphatic heterocycles. The molecule has 1 amide bonds. The van der Waals surface area contributed by atoms with Gasteiger partial charge in [-0.1, -0.05) is 6.07 Å². The van der Waals surface area contributed by atoms with Gasteiger partial charge in [0, 0.05) is 18.3 Å². The minimum atomic E-state index is -0.237. The lowest BCUT2D eigenvalue weighted by Gasteiger charge is -2.25. The van der Waals surface area contributed by atoms with Crippen molar-refractivity contribution >= 4 is 17.4 Å². The van der Waals surface area contributed by atoms with Gasteiger partial charge in [-0.05, 0) is 51.3 Å². The second-order valence-corrected chi connectivity index (χ2v) is 6.46. The molecule has 1 N–H and O–H groups in total. The lowest BCUT2D eigenvalue weighted by atomic mass is 10.1. The van der Waals surface area contributed by atoms with Gasteiger partial charge < -0.3 is 15.0 Å². The van der Waals surface area contributed by atoms with E-state index in [1.165, 1.54) is 0 Å². The number of hydrogen-bond acceptors (Lipinski definition) is 5. The summed E-state index contributed by atoms with van der Waals surface area (Å²) in [5.41, 5.74) is 2.68. The Hall–Kier alpha value is -2.63. The Kier molecular flexibility index (Phi) is 4.88. The van der Waals surface area contributed by atoms with Gasteiger partial charge in [0.25, 0.3) is 0 Å². The SMILES string of the molecule is COc1ccc(C)cc1NC(=O)C1CCCN1c1cc(C)nc(C)n1. The number of carbonyl (C=O) groups excluding carboxylic acids is 1. The second-order valence-electron chi connectivity index (χ2n) is 6.46. The third-order valence-electron chi connectivity index (χ3n) is 4.42. The van der Waals surface area contributed by atoms with E-state index in [0.29, 0.717) is 11.4 Å². The van der Waals surface area contributed by atoms with E-state index in [2.05, 4.69) is 20.2 Å². The molecule has 0 radical (unpaired) electrons. The summed E-state index contributed by atoms with van der Waals surface area (Å²) in [4.78, 5) is 23.8. The van der Waals surface area contributed by atoms with Gasteiger partial charge in [0.05, 0.1) is 12.8 Å². The lowest BCUT2D eigenvalue weighted by molar-refractivity contribution is -0.117. The number of amides is 1. The average molecular weight is 340 g/mol. The highest BCUT2D eigenvalue weighted by molar-refractivity contribution is 5.98. The molecule has 1 aromatic carbocycles. The van der Waals surface area contributed by atoms with E-state index in [0.717, 1.165) is 42.3 Å². The van der Waals surface area contributed by atoms with E-state index < -0.39 is 0 Å². The minimum absolute atomic E-state index is 0.0321. The average Bonchev–Trinajstić information content (AvgIpc) is 3.04. The number of carbonyl (C=O) groups is 1. The standard InChI is InChI=1S/C19H24N4O2/c1-12-7-8-17(25-4)15(10-12)22-19(24)16-6-5-9-23(16)18-11-13(2)20-14(3)21-18/h7-8,10-11,16H,5-6,9H2,1-4H3,(H,22,24). The van der Waals surface area contributed by atoms with Crippen LogP contribution in [-0.4, -0.2) is 35.6 Å². The third-order valence-corrected chi connectivity index (χ3v) is 4.42. The van der Waals surface area contributed by atoms with Crippen LogP contribution in [0.1, 0.15) is 29.9 Å². The number of rotatable bonds is 4. The summed E-state index contributed by atoms with van der Waals surface area (Å²) in [5.74, 6) is 2.17. The molecule has 0 spiro atoms. The van der Waals surface area contributed by atoms with E-state index in [9.17, 15) is 4.79 Å². The van der Waals surface area contributed by atoms with Crippen molar-refractivity contribution in [3.63, 3.8) is 0 Å². The summed E-state index contributed by atoms with van der Waals surface area (Å²) < 4.78 is 5.36. The maximum Gasteiger partial charge on any atom is 0.247 e. The first-order valence-corrected chi connectivity index (χ1v) is 8.52. The Morgan fingerprint density at radius 1 is 1.24 bits per heavy atom. The third kappa shape index (κ3) is 3.73. The zero-order chi connectivity index (χ0) is 18.0. The van der Waals surface area contributed by atoms with Crippen LogP contribution in [0.25, 0.3) is 0 Å². The smallest absolute Gasteiger partial charge is 0.247 e. The van der Waals surface area contributed by atoms with Crippen LogP contribution in [0, 0.1) is 20.8 Å². The first-order chi connectivity index (χ1) is 12.0. The van der Waals surface area contributed by atoms with Crippen LogP contribution in [0.4, 0.5) is 11.5 Å². The van der Waals surface area contributed by atoms with Crippen molar-refractivity contribution in [2.45, 2.75) is 39.7 Å². The molecule has 25 heavy (non-hydrogen) atoms. The molecule has 1 aliphatic rings. The molecule has 1 saturated heterocycles. The number of aromatic nitrogens is 2. The molecule has 0 bridgehead atoms. The number of benzene rings is 1. The summed E-state index contributed by atoms with van der Waals surface area (Å²) >= 11 is 0. The second kappa shape index (κ2) is 7.09. The molecule has 0 aliphatic carbocycles. The van der Waals surface area contributed by atoms with Crippen molar-refractivity contribution < 1.29 is 9.53 Å². The molecule has 1 fully saturated rings. The zero-order valence-corrected chi connectivity index (χ0v) is 15.2. The Labute approximate surface area is 148 Å². The van der Waals surface area contributed by atoms with Crippen molar-refractivity contribution in [3.8, 4) is 5.75 Å². The van der Waals surface area contributed by atoms with Crippen LogP contribution in [0.15, 0.2) is 24.3 Å². The van der Waals surface area contributed by atoms with Gasteiger partial charge >= 0.3 is 0 Å². The summed E-state index contributed by atoms with van der Waals surface area (Å²) in [7, 11) is 1.61. The van der Waals surface area contributed by atoms with Gasteiger partial charge in [-0.2, -0.15) is 0 Å². The molecular weight excluding hydrogens is 316 g/mol. The van der Waals surface area contributed by atoms with Crippen molar-refractivity contribution in [1.29, 1.82) is 0 Å². The van der Waals surface area contributed by atoms with Gasteiger partial charge in [0.2, 0.25) is 5.91 Å². The molecule has 6 heteroatoms. The fraction of sp³-hybridized carbons (Fsp3) is 0.421. The van der Waals surface area contributed by atoms with E-state index >= 15 is 0 Å². The van der Waals surface area contributed by atoms with Crippen molar-refractivity contribution in [1.82, 2.24) is 9.97 Å². The van der Waals surface area contributed by atoms with Crippen molar-refractivity contribution in [2.24, 2.45) is 0 Å². The minimum Gasteiger partial charge on any atom is -0.495 e. The lowest BCUT2D eigenvalue weighted by Crippen LogP contribution is -2.40. The van der Waals surface area contributed by atoms with Gasteiger partial charge in [-0.25, -0.2) is 9.97 Å². The number of nitrogens with zero attached hydrogens (tertiary/aromatic N) is 3. The maximum atomic E-state index is 12.9. The highest BCUT2D eigenvalue weighted by Gasteiger charge is 2.32. The number of methoxy groups -OCH3 is 1. The molecule has 6 nitrogen and oxygen atoms in total. The topological polar surface area (TPSA) is 67.3 Å². The molecule has 2 aromatic rings. The Morgan fingerprint density at radius 2 is 2.04 bits per heavy atom. The first kappa shape index (κ1) is 17.2. The molecule has 1 aromatic heterocycles. The van der Waals surface area contributed by atoms with Crippen LogP contribution < -0.4 is 15.0 Å². The van der Waals surface area contributed by atoms with Gasteiger partial charge in [0.15, 0.2) is 0 Å². The quantitative estimate of drug-likeness (QED) is 0.927. The molecule has 2 heterocycles. The van der Waals surface area contributed by atoms with E-state index in [1.807, 2.05) is 45.0 Å². The fourth-order valence-electron chi connectivity index (χ4n) is 3.29. The number of ether oxygens (including phenoxy) is 1. The molecular formula is C19H24N4O2. The summed E-state index contributed by atoms with van der Waals surface area (Å²) in [6.45, 7) is 6.63. The number of aryl methyl sites for hydroxylation is 3. The molecule has 1 atom stereocenters. The van der Waals surface area contributed by atoms with Gasteiger partial charge in [0.1, 0.15) is 23.4 Å². The zero-order valence-electron chi connectivity index (χ0n) is 15.2. The fourth-order valence-corrected chi connectivity index (χ4v) is 3.29. The van der Waals surface area contributed by atoms with E-state index in [1.54, 1.807) is 7.11 Å². The van der Waals surface area contributed by atoms with Gasteiger partial charge in [-0.3, -0.25) is 4.79 Å². The normalized spacial score (nSPS) is 16.8. The maximum absolute atomic E-state index is 12.9. The van der Waals surface area contributed by atoms with Crippen LogP contribution in [0.2, 0.25) is 0 Å². The first-order valence-electron chi connectivity index (χ1n) is 8.52. The Balaban J connectivity index is 1.83. The molecule has 132 valence electrons. The monoisotopic (exact) mass is 340 g/mol. The molecule has 1 unspecified atom stereocenters. The molecule has 3 rings (SSSR count). The summed E-state index contributed by atoms with van der Waals surface area (Å²) in [6, 6.07) is 7.46. The van der Waals surface area contributed by atoms with Crippen molar-refractivity contribution in [2.75, 3.05) is 23.9 Å². The highest BCUT2D eigenvalue weighted by atomic mass is 16.5. The van der Waals surface area contributed by atoms with Crippen LogP contribution in [-0.2, 0) is 4.79 Å². The van der Waals surface area contributed by atoms with Crippen LogP contribution in [0.5, 0.6) is 5.75 Å². The van der Waals surface area contributed by atoms with Gasteiger partial charge in [-0.15, -0.1) is 0 Å².